The van der Waals surface area contributed by atoms with E-state index in [1.54, 1.807) is 0 Å². The number of benzene rings is 1. The fourth-order valence-electron chi connectivity index (χ4n) is 1.43. The van der Waals surface area contributed by atoms with Crippen LogP contribution in [0.1, 0.15) is 5.56 Å². The summed E-state index contributed by atoms with van der Waals surface area (Å²) >= 11 is 0. The number of aromatic nitrogens is 2. The molecular weight excluding hydrogens is 202 g/mol. The third-order valence-electron chi connectivity index (χ3n) is 2.19. The zero-order valence-electron chi connectivity index (χ0n) is 8.74. The van der Waals surface area contributed by atoms with Gasteiger partial charge in [-0.25, -0.2) is 15.8 Å². The summed E-state index contributed by atoms with van der Waals surface area (Å²) < 4.78 is 0. The van der Waals surface area contributed by atoms with Crippen molar-refractivity contribution in [2.45, 2.75) is 6.54 Å². The summed E-state index contributed by atoms with van der Waals surface area (Å²) in [7, 11) is 0. The zero-order chi connectivity index (χ0) is 11.4. The Balaban J connectivity index is 2.15. The number of nitrogen functional groups attached to an aromatic ring is 1. The van der Waals surface area contributed by atoms with E-state index in [1.807, 2.05) is 30.3 Å². The van der Waals surface area contributed by atoms with Crippen molar-refractivity contribution in [2.24, 2.45) is 5.84 Å². The van der Waals surface area contributed by atoms with Gasteiger partial charge >= 0.3 is 0 Å². The van der Waals surface area contributed by atoms with Crippen LogP contribution in [0.5, 0.6) is 0 Å². The van der Waals surface area contributed by atoms with Crippen molar-refractivity contribution >= 4 is 11.5 Å². The van der Waals surface area contributed by atoms with Crippen molar-refractivity contribution in [3.63, 3.8) is 0 Å². The van der Waals surface area contributed by atoms with Gasteiger partial charge in [-0.1, -0.05) is 30.3 Å². The molecule has 5 heteroatoms. The number of nitrogens with two attached hydrogens (primary N) is 2. The lowest BCUT2D eigenvalue weighted by molar-refractivity contribution is 0.830. The Kier molecular flexibility index (Phi) is 2.98. The third-order valence-corrected chi connectivity index (χ3v) is 2.19. The standard InChI is InChI=1S/C11H13N5/c12-10-6-14-8-15-11(10)16(13)7-9-4-2-1-3-5-9/h1-6,8H,7,12-13H2. The molecule has 2 rings (SSSR count). The molecule has 0 aliphatic rings. The van der Waals surface area contributed by atoms with E-state index < -0.39 is 0 Å². The van der Waals surface area contributed by atoms with Gasteiger partial charge in [0.05, 0.1) is 18.4 Å². The number of anilines is 2. The first kappa shape index (κ1) is 10.4. The van der Waals surface area contributed by atoms with Crippen LogP contribution in [0.2, 0.25) is 0 Å². The first-order valence-corrected chi connectivity index (χ1v) is 4.89. The summed E-state index contributed by atoms with van der Waals surface area (Å²) in [5.74, 6) is 6.43. The summed E-state index contributed by atoms with van der Waals surface area (Å²) in [6.45, 7) is 0.558. The molecular formula is C11H13N5. The molecule has 0 atom stereocenters. The Morgan fingerprint density at radius 2 is 1.94 bits per heavy atom. The highest BCUT2D eigenvalue weighted by Gasteiger charge is 2.07. The predicted molar refractivity (Wildman–Crippen MR) is 63.3 cm³/mol. The number of hydrazine groups is 1. The molecule has 2 aromatic rings. The molecule has 1 heterocycles. The van der Waals surface area contributed by atoms with Crippen LogP contribution in [0.3, 0.4) is 0 Å². The van der Waals surface area contributed by atoms with Crippen LogP contribution in [0, 0.1) is 0 Å². The molecule has 0 amide bonds. The molecule has 5 nitrogen and oxygen atoms in total. The van der Waals surface area contributed by atoms with Crippen LogP contribution in [0.25, 0.3) is 0 Å². The van der Waals surface area contributed by atoms with Crippen molar-refractivity contribution in [3.05, 3.63) is 48.4 Å². The topological polar surface area (TPSA) is 81.1 Å². The first-order chi connectivity index (χ1) is 7.77. The van der Waals surface area contributed by atoms with Gasteiger partial charge in [0, 0.05) is 0 Å². The van der Waals surface area contributed by atoms with Crippen molar-refractivity contribution < 1.29 is 0 Å². The molecule has 0 saturated heterocycles. The summed E-state index contributed by atoms with van der Waals surface area (Å²) in [5.41, 5.74) is 7.30. The average molecular weight is 215 g/mol. The molecule has 0 bridgehead atoms. The van der Waals surface area contributed by atoms with Crippen molar-refractivity contribution in [2.75, 3.05) is 10.7 Å². The maximum Gasteiger partial charge on any atom is 0.169 e. The zero-order valence-corrected chi connectivity index (χ0v) is 8.74. The number of hydrogen-bond acceptors (Lipinski definition) is 5. The Labute approximate surface area is 93.7 Å². The van der Waals surface area contributed by atoms with E-state index in [0.717, 1.165) is 5.56 Å². The van der Waals surface area contributed by atoms with Crippen LogP contribution in [0.15, 0.2) is 42.9 Å². The average Bonchev–Trinajstić information content (AvgIpc) is 2.31. The van der Waals surface area contributed by atoms with Crippen molar-refractivity contribution in [3.8, 4) is 0 Å². The molecule has 0 aliphatic carbocycles. The SMILES string of the molecule is Nc1cncnc1N(N)Cc1ccccc1. The van der Waals surface area contributed by atoms with Gasteiger partial charge in [0.2, 0.25) is 0 Å². The molecule has 0 radical (unpaired) electrons. The van der Waals surface area contributed by atoms with E-state index in [4.69, 9.17) is 11.6 Å². The maximum atomic E-state index is 5.89. The quantitative estimate of drug-likeness (QED) is 0.588. The van der Waals surface area contributed by atoms with Crippen molar-refractivity contribution in [1.82, 2.24) is 9.97 Å². The van der Waals surface area contributed by atoms with Crippen LogP contribution in [-0.4, -0.2) is 9.97 Å². The van der Waals surface area contributed by atoms with Crippen LogP contribution >= 0.6 is 0 Å². The third kappa shape index (κ3) is 2.26. The minimum atomic E-state index is 0.473. The lowest BCUT2D eigenvalue weighted by Gasteiger charge is -2.18. The fourth-order valence-corrected chi connectivity index (χ4v) is 1.43. The Bertz CT molecular complexity index is 457. The van der Waals surface area contributed by atoms with Crippen LogP contribution in [-0.2, 0) is 6.54 Å². The van der Waals surface area contributed by atoms with Gasteiger partial charge in [0.25, 0.3) is 0 Å². The van der Waals surface area contributed by atoms with Gasteiger partial charge in [0.1, 0.15) is 6.33 Å². The second kappa shape index (κ2) is 4.59. The van der Waals surface area contributed by atoms with Crippen LogP contribution in [0.4, 0.5) is 11.5 Å². The fraction of sp³-hybridized carbons (Fsp3) is 0.0909. The summed E-state index contributed by atoms with van der Waals surface area (Å²) in [6.07, 6.45) is 2.96. The molecule has 82 valence electrons. The highest BCUT2D eigenvalue weighted by molar-refractivity contribution is 5.60. The first-order valence-electron chi connectivity index (χ1n) is 4.89. The lowest BCUT2D eigenvalue weighted by Crippen LogP contribution is -2.31. The Morgan fingerprint density at radius 1 is 1.19 bits per heavy atom. The molecule has 0 fully saturated rings. The number of rotatable bonds is 3. The maximum absolute atomic E-state index is 5.89. The second-order valence-electron chi connectivity index (χ2n) is 3.42. The molecule has 4 N–H and O–H groups in total. The Morgan fingerprint density at radius 3 is 2.62 bits per heavy atom. The normalized spacial score (nSPS) is 10.1. The van der Waals surface area contributed by atoms with E-state index in [2.05, 4.69) is 9.97 Å². The predicted octanol–water partition coefficient (Wildman–Crippen LogP) is 0.939. The molecule has 1 aromatic carbocycles. The van der Waals surface area contributed by atoms with Gasteiger partial charge < -0.3 is 5.73 Å². The Hall–Kier alpha value is -2.14. The van der Waals surface area contributed by atoms with Gasteiger partial charge in [-0.2, -0.15) is 0 Å². The van der Waals surface area contributed by atoms with E-state index in [9.17, 15) is 0 Å². The van der Waals surface area contributed by atoms with Gasteiger partial charge in [-0.15, -0.1) is 0 Å². The molecule has 0 spiro atoms. The largest absolute Gasteiger partial charge is 0.394 e. The minimum absolute atomic E-state index is 0.473. The number of nitrogens with zero attached hydrogens (tertiary/aromatic N) is 3. The van der Waals surface area contributed by atoms with Gasteiger partial charge in [-0.05, 0) is 5.56 Å². The van der Waals surface area contributed by atoms with E-state index in [1.165, 1.54) is 17.5 Å². The monoisotopic (exact) mass is 215 g/mol. The highest BCUT2D eigenvalue weighted by atomic mass is 15.4. The van der Waals surface area contributed by atoms with Crippen molar-refractivity contribution in [1.29, 1.82) is 0 Å². The molecule has 16 heavy (non-hydrogen) atoms. The molecule has 0 unspecified atom stereocenters. The molecule has 1 aromatic heterocycles. The smallest absolute Gasteiger partial charge is 0.169 e. The second-order valence-corrected chi connectivity index (χ2v) is 3.42. The molecule has 0 saturated carbocycles. The van der Waals surface area contributed by atoms with Gasteiger partial charge in [0.15, 0.2) is 5.82 Å². The van der Waals surface area contributed by atoms with Gasteiger partial charge in [-0.3, -0.25) is 5.01 Å². The van der Waals surface area contributed by atoms with E-state index in [0.29, 0.717) is 18.1 Å². The molecule has 0 aliphatic heterocycles. The van der Waals surface area contributed by atoms with Crippen LogP contribution < -0.4 is 16.6 Å². The summed E-state index contributed by atoms with van der Waals surface area (Å²) in [6, 6.07) is 9.89. The summed E-state index contributed by atoms with van der Waals surface area (Å²) in [4.78, 5) is 7.86. The summed E-state index contributed by atoms with van der Waals surface area (Å²) in [5, 5.41) is 1.51. The minimum Gasteiger partial charge on any atom is -0.394 e. The van der Waals surface area contributed by atoms with E-state index >= 15 is 0 Å². The number of hydrogen-bond donors (Lipinski definition) is 2. The lowest BCUT2D eigenvalue weighted by atomic mass is 10.2. The van der Waals surface area contributed by atoms with E-state index in [-0.39, 0.29) is 0 Å². The highest BCUT2D eigenvalue weighted by Crippen LogP contribution is 2.16.